The van der Waals surface area contributed by atoms with Gasteiger partial charge in [-0.2, -0.15) is 0 Å². The van der Waals surface area contributed by atoms with Crippen LogP contribution in [0.3, 0.4) is 0 Å². The van der Waals surface area contributed by atoms with Gasteiger partial charge in [0.1, 0.15) is 6.10 Å². The van der Waals surface area contributed by atoms with E-state index in [0.29, 0.717) is 17.3 Å². The lowest BCUT2D eigenvalue weighted by molar-refractivity contribution is -0.151. The number of unbranched alkanes of at least 4 members (excludes halogenated alkanes) is 9. The average molecular weight is 637 g/mol. The summed E-state index contributed by atoms with van der Waals surface area (Å²) < 4.78 is 6.11. The number of carbonyl (C=O) groups excluding carboxylic acids is 1. The molecule has 4 aliphatic carbocycles. The molecule has 0 saturated heterocycles. The molecule has 4 rings (SSSR count). The number of allylic oxidation sites excluding steroid dienone is 3. The van der Waals surface area contributed by atoms with Crippen molar-refractivity contribution in [3.05, 3.63) is 23.8 Å². The predicted molar refractivity (Wildman–Crippen MR) is 198 cm³/mol. The molecule has 4 aliphatic rings. The Balaban J connectivity index is 1.17. The second-order valence-corrected chi connectivity index (χ2v) is 17.7. The van der Waals surface area contributed by atoms with E-state index in [0.717, 1.165) is 73.5 Å². The van der Waals surface area contributed by atoms with Gasteiger partial charge >= 0.3 is 5.97 Å². The highest BCUT2D eigenvalue weighted by Gasteiger charge is 2.59. The van der Waals surface area contributed by atoms with Crippen LogP contribution in [0.5, 0.6) is 0 Å². The Kier molecular flexibility index (Phi) is 14.8. The lowest BCUT2D eigenvalue weighted by atomic mass is 9.47. The molecule has 0 bridgehead atoms. The lowest BCUT2D eigenvalue weighted by Crippen LogP contribution is -2.51. The lowest BCUT2D eigenvalue weighted by Gasteiger charge is -2.58. The van der Waals surface area contributed by atoms with Gasteiger partial charge in [0.05, 0.1) is 0 Å². The Hall–Kier alpha value is -1.05. The van der Waals surface area contributed by atoms with Crippen LogP contribution in [0.15, 0.2) is 23.8 Å². The van der Waals surface area contributed by atoms with Crippen molar-refractivity contribution in [1.29, 1.82) is 0 Å². The zero-order valence-electron chi connectivity index (χ0n) is 31.7. The zero-order chi connectivity index (χ0) is 33.2. The van der Waals surface area contributed by atoms with Gasteiger partial charge in [-0.05, 0) is 129 Å². The average Bonchev–Trinajstić information content (AvgIpc) is 3.39. The normalized spacial score (nSPS) is 33.7. The van der Waals surface area contributed by atoms with Crippen LogP contribution in [-0.4, -0.2) is 12.1 Å². The molecule has 0 aromatic carbocycles. The Morgan fingerprint density at radius 2 is 1.54 bits per heavy atom. The van der Waals surface area contributed by atoms with Crippen LogP contribution in [0, 0.1) is 52.3 Å². The first-order valence-electron chi connectivity index (χ1n) is 20.6. The topological polar surface area (TPSA) is 26.3 Å². The monoisotopic (exact) mass is 637 g/mol. The first kappa shape index (κ1) is 37.8. The molecule has 3 fully saturated rings. The molecule has 0 unspecified atom stereocenters. The van der Waals surface area contributed by atoms with E-state index >= 15 is 0 Å². The summed E-state index contributed by atoms with van der Waals surface area (Å²) in [6, 6.07) is 0. The summed E-state index contributed by atoms with van der Waals surface area (Å²) >= 11 is 0. The van der Waals surface area contributed by atoms with E-state index in [4.69, 9.17) is 4.74 Å². The van der Waals surface area contributed by atoms with Crippen LogP contribution < -0.4 is 0 Å². The molecule has 0 aliphatic heterocycles. The van der Waals surface area contributed by atoms with Crippen LogP contribution in [0.25, 0.3) is 0 Å². The van der Waals surface area contributed by atoms with Gasteiger partial charge in [-0.25, -0.2) is 0 Å². The maximum atomic E-state index is 12.8. The largest absolute Gasteiger partial charge is 0.462 e. The number of carbonyl (C=O) groups is 1. The van der Waals surface area contributed by atoms with Crippen LogP contribution in [0.2, 0.25) is 0 Å². The van der Waals surface area contributed by atoms with Crippen molar-refractivity contribution in [3.63, 3.8) is 0 Å². The molecule has 0 radical (unpaired) electrons. The van der Waals surface area contributed by atoms with E-state index in [9.17, 15) is 4.79 Å². The molecular weight excluding hydrogens is 560 g/mol. The third-order valence-electron chi connectivity index (χ3n) is 14.5. The summed E-state index contributed by atoms with van der Waals surface area (Å²) in [5.41, 5.74) is 2.51. The number of ether oxygens (including phenoxy) is 1. The standard InChI is InChI=1S/C44H76O2/c1-8-9-10-11-12-13-14-15-16-17-18-19-20-21-42(45)46-37-28-30-43(6)36(32-37)24-25-38-40-27-26-39(44(40,7)31-29-41(38)43)35(5)23-22-34(4)33(2)3/h15-16,24,33-35,37-41H,8-14,17-23,25-32H2,1-7H3/b16-15-/t34-,35-,37+,38+,39-,40+,41+,43+,44-/m1/s1. The van der Waals surface area contributed by atoms with E-state index in [-0.39, 0.29) is 12.1 Å². The Morgan fingerprint density at radius 1 is 0.848 bits per heavy atom. The highest BCUT2D eigenvalue weighted by molar-refractivity contribution is 5.69. The number of hydrogen-bond acceptors (Lipinski definition) is 2. The molecule has 0 amide bonds. The molecule has 264 valence electrons. The molecule has 0 spiro atoms. The Labute approximate surface area is 286 Å². The van der Waals surface area contributed by atoms with Gasteiger partial charge in [-0.1, -0.05) is 124 Å². The third-order valence-corrected chi connectivity index (χ3v) is 14.5. The first-order chi connectivity index (χ1) is 22.1. The van der Waals surface area contributed by atoms with E-state index < -0.39 is 0 Å². The van der Waals surface area contributed by atoms with Gasteiger partial charge < -0.3 is 4.74 Å². The number of fused-ring (bicyclic) bond motifs is 5. The molecule has 2 heteroatoms. The van der Waals surface area contributed by atoms with Gasteiger partial charge in [0, 0.05) is 12.8 Å². The molecule has 9 atom stereocenters. The molecule has 2 nitrogen and oxygen atoms in total. The maximum Gasteiger partial charge on any atom is 0.306 e. The fourth-order valence-electron chi connectivity index (χ4n) is 11.0. The first-order valence-corrected chi connectivity index (χ1v) is 20.6. The number of esters is 1. The van der Waals surface area contributed by atoms with E-state index in [1.165, 1.54) is 103 Å². The highest BCUT2D eigenvalue weighted by atomic mass is 16.5. The summed E-state index contributed by atoms with van der Waals surface area (Å²) in [5, 5.41) is 0. The van der Waals surface area contributed by atoms with Crippen LogP contribution in [0.4, 0.5) is 0 Å². The third kappa shape index (κ3) is 9.55. The smallest absolute Gasteiger partial charge is 0.306 e. The van der Waals surface area contributed by atoms with Crippen molar-refractivity contribution in [1.82, 2.24) is 0 Å². The molecule has 0 heterocycles. The highest BCUT2D eigenvalue weighted by Crippen LogP contribution is 2.67. The summed E-state index contributed by atoms with van der Waals surface area (Å²) in [7, 11) is 0. The van der Waals surface area contributed by atoms with Gasteiger partial charge in [0.25, 0.3) is 0 Å². The van der Waals surface area contributed by atoms with E-state index in [2.05, 4.69) is 66.7 Å². The minimum atomic E-state index is 0.0452. The van der Waals surface area contributed by atoms with Crippen molar-refractivity contribution < 1.29 is 9.53 Å². The minimum Gasteiger partial charge on any atom is -0.462 e. The SMILES string of the molecule is CCCCCCCC/C=C\CCCCCC(=O)O[C@H]1CC[C@@]2(C)C(=CC[C@H]3[C@@H]4CC[C@H]([C@H](C)CC[C@@H](C)C(C)C)[C@@]4(C)CC[C@@H]32)C1. The fourth-order valence-corrected chi connectivity index (χ4v) is 11.0. The zero-order valence-corrected chi connectivity index (χ0v) is 31.7. The van der Waals surface area contributed by atoms with Crippen molar-refractivity contribution in [2.24, 2.45) is 52.3 Å². The van der Waals surface area contributed by atoms with Gasteiger partial charge in [-0.15, -0.1) is 0 Å². The van der Waals surface area contributed by atoms with Crippen molar-refractivity contribution in [2.45, 2.75) is 196 Å². The summed E-state index contributed by atoms with van der Waals surface area (Å²) in [4.78, 5) is 12.8. The molecule has 3 saturated carbocycles. The number of rotatable bonds is 19. The fraction of sp³-hybridized carbons (Fsp3) is 0.886. The molecule has 0 N–H and O–H groups in total. The van der Waals surface area contributed by atoms with Crippen LogP contribution in [-0.2, 0) is 9.53 Å². The van der Waals surface area contributed by atoms with Crippen LogP contribution in [0.1, 0.15) is 190 Å². The van der Waals surface area contributed by atoms with E-state index in [1.54, 1.807) is 5.57 Å². The summed E-state index contributed by atoms with van der Waals surface area (Å²) in [6.07, 6.45) is 35.1. The van der Waals surface area contributed by atoms with Crippen molar-refractivity contribution in [2.75, 3.05) is 0 Å². The molecular formula is C44H76O2. The van der Waals surface area contributed by atoms with Gasteiger partial charge in [-0.3, -0.25) is 4.79 Å². The minimum absolute atomic E-state index is 0.0452. The van der Waals surface area contributed by atoms with Crippen molar-refractivity contribution >= 4 is 5.97 Å². The Morgan fingerprint density at radius 3 is 2.26 bits per heavy atom. The van der Waals surface area contributed by atoms with Crippen molar-refractivity contribution in [3.8, 4) is 0 Å². The molecule has 0 aromatic heterocycles. The molecule has 46 heavy (non-hydrogen) atoms. The second kappa shape index (κ2) is 18.1. The van der Waals surface area contributed by atoms with Gasteiger partial charge in [0.15, 0.2) is 0 Å². The molecule has 0 aromatic rings. The maximum absolute atomic E-state index is 12.8. The summed E-state index contributed by atoms with van der Waals surface area (Å²) in [6.45, 7) is 17.4. The Bertz CT molecular complexity index is 976. The predicted octanol–water partition coefficient (Wildman–Crippen LogP) is 13.4. The quantitative estimate of drug-likeness (QED) is 0.0801. The van der Waals surface area contributed by atoms with Gasteiger partial charge in [0.2, 0.25) is 0 Å². The number of hydrogen-bond donors (Lipinski definition) is 0. The second-order valence-electron chi connectivity index (χ2n) is 17.7. The van der Waals surface area contributed by atoms with Crippen LogP contribution >= 0.6 is 0 Å². The summed E-state index contributed by atoms with van der Waals surface area (Å²) in [5.74, 6) is 6.07. The van der Waals surface area contributed by atoms with E-state index in [1.807, 2.05) is 0 Å².